The fraction of sp³-hybridized carbons (Fsp3) is 0.125. The van der Waals surface area contributed by atoms with Gasteiger partial charge in [0.15, 0.2) is 0 Å². The molecule has 0 unspecified atom stereocenters. The van der Waals surface area contributed by atoms with Gasteiger partial charge in [0.25, 0.3) is 12.0 Å². The van der Waals surface area contributed by atoms with Crippen molar-refractivity contribution in [3.8, 4) is 6.07 Å². The lowest BCUT2D eigenvalue weighted by atomic mass is 10.1. The zero-order chi connectivity index (χ0) is 11.6. The smallest absolute Gasteiger partial charge is 0.337 e. The van der Waals surface area contributed by atoms with Crippen LogP contribution in [0.25, 0.3) is 0 Å². The highest BCUT2D eigenvalue weighted by Gasteiger charge is 2.18. The van der Waals surface area contributed by atoms with Gasteiger partial charge in [-0.1, -0.05) is 0 Å². The van der Waals surface area contributed by atoms with Gasteiger partial charge in [-0.3, -0.25) is 4.79 Å². The molecule has 0 aliphatic rings. The number of nitrogens with one attached hydrogen (secondary N) is 1. The van der Waals surface area contributed by atoms with Gasteiger partial charge in [-0.25, -0.2) is 13.6 Å². The second-order valence-corrected chi connectivity index (χ2v) is 2.56. The number of carbonyl (C=O) groups is 1. The number of aromatic nitrogens is 1. The summed E-state index contributed by atoms with van der Waals surface area (Å²) in [6.07, 6.45) is -3.00. The van der Waals surface area contributed by atoms with E-state index in [1.165, 1.54) is 6.07 Å². The van der Waals surface area contributed by atoms with Crippen molar-refractivity contribution in [3.05, 3.63) is 33.2 Å². The Bertz CT molecular complexity index is 502. The first-order valence-electron chi connectivity index (χ1n) is 3.66. The Morgan fingerprint density at radius 1 is 1.60 bits per heavy atom. The van der Waals surface area contributed by atoms with Crippen LogP contribution in [-0.4, -0.2) is 16.1 Å². The number of aromatic carboxylic acids is 1. The van der Waals surface area contributed by atoms with E-state index in [1.54, 1.807) is 4.98 Å². The lowest BCUT2D eigenvalue weighted by Crippen LogP contribution is -2.18. The Morgan fingerprint density at radius 2 is 2.20 bits per heavy atom. The molecule has 0 amide bonds. The normalized spacial score (nSPS) is 10.0. The average molecular weight is 214 g/mol. The first-order chi connectivity index (χ1) is 6.97. The number of H-pyrrole nitrogens is 1. The number of rotatable bonds is 2. The largest absolute Gasteiger partial charge is 0.478 e. The van der Waals surface area contributed by atoms with Crippen molar-refractivity contribution in [2.45, 2.75) is 6.43 Å². The summed E-state index contributed by atoms with van der Waals surface area (Å²) < 4.78 is 24.4. The Labute approximate surface area is 81.6 Å². The van der Waals surface area contributed by atoms with Crippen LogP contribution in [0.4, 0.5) is 8.78 Å². The van der Waals surface area contributed by atoms with Crippen LogP contribution in [0.15, 0.2) is 10.9 Å². The first kappa shape index (κ1) is 10.8. The van der Waals surface area contributed by atoms with E-state index < -0.39 is 34.8 Å². The number of nitrogens with zero attached hydrogens (tertiary/aromatic N) is 1. The molecule has 1 aromatic rings. The van der Waals surface area contributed by atoms with Gasteiger partial charge >= 0.3 is 5.97 Å². The molecule has 0 saturated carbocycles. The first-order valence-corrected chi connectivity index (χ1v) is 3.66. The molecule has 0 aromatic carbocycles. The van der Waals surface area contributed by atoms with E-state index in [1.807, 2.05) is 0 Å². The van der Waals surface area contributed by atoms with Crippen LogP contribution in [0, 0.1) is 11.3 Å². The molecule has 15 heavy (non-hydrogen) atoms. The summed E-state index contributed by atoms with van der Waals surface area (Å²) in [5, 5.41) is 17.0. The van der Waals surface area contributed by atoms with Gasteiger partial charge in [-0.2, -0.15) is 5.26 Å². The van der Waals surface area contributed by atoms with Crippen LogP contribution in [0.2, 0.25) is 0 Å². The minimum Gasteiger partial charge on any atom is -0.478 e. The molecule has 1 aromatic heterocycles. The van der Waals surface area contributed by atoms with E-state index in [0.717, 1.165) is 0 Å². The molecular formula is C8H4F2N2O3. The van der Waals surface area contributed by atoms with Crippen LogP contribution in [0.1, 0.15) is 28.0 Å². The van der Waals surface area contributed by atoms with Crippen molar-refractivity contribution in [2.75, 3.05) is 0 Å². The summed E-state index contributed by atoms with van der Waals surface area (Å²) >= 11 is 0. The predicted molar refractivity (Wildman–Crippen MR) is 43.7 cm³/mol. The Kier molecular flexibility index (Phi) is 2.80. The standard InChI is InChI=1S/C8H4F2N2O3/c9-6(10)5-1-3(8(14)15)4(2-11)7(13)12-5/h1,6H,(H,12,13)(H,14,15). The summed E-state index contributed by atoms with van der Waals surface area (Å²) in [6.45, 7) is 0. The zero-order valence-corrected chi connectivity index (χ0v) is 7.12. The highest BCUT2D eigenvalue weighted by atomic mass is 19.3. The summed E-state index contributed by atoms with van der Waals surface area (Å²) in [7, 11) is 0. The fourth-order valence-corrected chi connectivity index (χ4v) is 0.977. The van der Waals surface area contributed by atoms with Gasteiger partial charge in [0, 0.05) is 0 Å². The van der Waals surface area contributed by atoms with E-state index >= 15 is 0 Å². The molecule has 0 fully saturated rings. The van der Waals surface area contributed by atoms with E-state index in [0.29, 0.717) is 6.07 Å². The van der Waals surface area contributed by atoms with Crippen LogP contribution in [0.5, 0.6) is 0 Å². The van der Waals surface area contributed by atoms with E-state index in [9.17, 15) is 18.4 Å². The number of alkyl halides is 2. The lowest BCUT2D eigenvalue weighted by molar-refractivity contribution is 0.0695. The minimum absolute atomic E-state index is 0.576. The molecule has 0 spiro atoms. The van der Waals surface area contributed by atoms with Crippen LogP contribution in [0.3, 0.4) is 0 Å². The molecule has 7 heteroatoms. The number of aromatic amines is 1. The molecule has 0 aliphatic heterocycles. The van der Waals surface area contributed by atoms with Gasteiger partial charge in [0.05, 0.1) is 11.3 Å². The Balaban J connectivity index is 3.55. The molecule has 0 aliphatic carbocycles. The molecule has 2 N–H and O–H groups in total. The third kappa shape index (κ3) is 1.99. The topological polar surface area (TPSA) is 93.9 Å². The van der Waals surface area contributed by atoms with Crippen molar-refractivity contribution >= 4 is 5.97 Å². The second-order valence-electron chi connectivity index (χ2n) is 2.56. The molecule has 1 rings (SSSR count). The zero-order valence-electron chi connectivity index (χ0n) is 7.12. The minimum atomic E-state index is -3.00. The number of carboxylic acids is 1. The molecular weight excluding hydrogens is 210 g/mol. The summed E-state index contributed by atoms with van der Waals surface area (Å²) in [5.74, 6) is -1.60. The Morgan fingerprint density at radius 3 is 2.60 bits per heavy atom. The van der Waals surface area contributed by atoms with Gasteiger partial charge in [-0.15, -0.1) is 0 Å². The van der Waals surface area contributed by atoms with Crippen molar-refractivity contribution in [1.82, 2.24) is 4.98 Å². The molecule has 5 nitrogen and oxygen atoms in total. The maximum absolute atomic E-state index is 12.2. The van der Waals surface area contributed by atoms with Crippen LogP contribution in [-0.2, 0) is 0 Å². The number of hydrogen-bond donors (Lipinski definition) is 2. The van der Waals surface area contributed by atoms with Gasteiger partial charge < -0.3 is 10.1 Å². The summed E-state index contributed by atoms with van der Waals surface area (Å²) in [6, 6.07) is 1.92. The van der Waals surface area contributed by atoms with Gasteiger partial charge in [0.1, 0.15) is 11.6 Å². The van der Waals surface area contributed by atoms with Gasteiger partial charge in [0.2, 0.25) is 0 Å². The number of hydrogen-bond acceptors (Lipinski definition) is 3. The molecule has 0 bridgehead atoms. The number of nitriles is 1. The van der Waals surface area contributed by atoms with Gasteiger partial charge in [-0.05, 0) is 6.07 Å². The number of carboxylic acid groups (broad SMARTS) is 1. The van der Waals surface area contributed by atoms with Crippen molar-refractivity contribution in [3.63, 3.8) is 0 Å². The third-order valence-corrected chi connectivity index (χ3v) is 1.63. The van der Waals surface area contributed by atoms with Crippen molar-refractivity contribution in [2.24, 2.45) is 0 Å². The SMILES string of the molecule is N#Cc1c(C(=O)O)cc(C(F)F)[nH]c1=O. The highest BCUT2D eigenvalue weighted by Crippen LogP contribution is 2.17. The lowest BCUT2D eigenvalue weighted by Gasteiger charge is -2.02. The highest BCUT2D eigenvalue weighted by molar-refractivity contribution is 5.90. The predicted octanol–water partition coefficient (Wildman–Crippen LogP) is 0.882. The van der Waals surface area contributed by atoms with Crippen molar-refractivity contribution < 1.29 is 18.7 Å². The Hall–Kier alpha value is -2.23. The van der Waals surface area contributed by atoms with Crippen molar-refractivity contribution in [1.29, 1.82) is 5.26 Å². The molecule has 1 heterocycles. The summed E-state index contributed by atoms with van der Waals surface area (Å²) in [4.78, 5) is 23.3. The average Bonchev–Trinajstić information content (AvgIpc) is 2.16. The van der Waals surface area contributed by atoms with Crippen LogP contribution < -0.4 is 5.56 Å². The van der Waals surface area contributed by atoms with E-state index in [2.05, 4.69) is 0 Å². The fourth-order valence-electron chi connectivity index (χ4n) is 0.977. The van der Waals surface area contributed by atoms with E-state index in [-0.39, 0.29) is 0 Å². The van der Waals surface area contributed by atoms with Crippen LogP contribution >= 0.6 is 0 Å². The number of pyridine rings is 1. The maximum atomic E-state index is 12.2. The van der Waals surface area contributed by atoms with E-state index in [4.69, 9.17) is 10.4 Å². The molecule has 0 saturated heterocycles. The third-order valence-electron chi connectivity index (χ3n) is 1.63. The molecule has 0 atom stereocenters. The quantitative estimate of drug-likeness (QED) is 0.764. The number of halogens is 2. The second kappa shape index (κ2) is 3.88. The molecule has 0 radical (unpaired) electrons. The monoisotopic (exact) mass is 214 g/mol. The summed E-state index contributed by atoms with van der Waals surface area (Å²) in [5.41, 5.74) is -3.37. The maximum Gasteiger partial charge on any atom is 0.337 e. The molecule has 78 valence electrons.